The van der Waals surface area contributed by atoms with Gasteiger partial charge in [0.25, 0.3) is 0 Å². The minimum absolute atomic E-state index is 0.104. The summed E-state index contributed by atoms with van der Waals surface area (Å²) in [5.41, 5.74) is 13.2. The maximum atomic E-state index is 11.0. The van der Waals surface area contributed by atoms with E-state index in [4.69, 9.17) is 23.1 Å². The third-order valence-corrected chi connectivity index (χ3v) is 5.19. The molecule has 4 rings (SSSR count). The molecular formula is C20H23ClN4O2. The van der Waals surface area contributed by atoms with Crippen molar-refractivity contribution in [1.29, 1.82) is 0 Å². The van der Waals surface area contributed by atoms with E-state index in [0.29, 0.717) is 27.7 Å². The minimum Gasteiger partial charge on any atom is -0.507 e. The molecule has 1 aliphatic heterocycles. The minimum atomic E-state index is 0.104. The zero-order chi connectivity index (χ0) is 19.6. The third kappa shape index (κ3) is 4.28. The Hall–Kier alpha value is -2.86. The molecule has 2 heterocycles. The summed E-state index contributed by atoms with van der Waals surface area (Å²) in [6.07, 6.45) is 5.97. The van der Waals surface area contributed by atoms with Gasteiger partial charge in [0.1, 0.15) is 11.6 Å². The molecule has 1 aromatic heterocycles. The number of nitrogen functional groups attached to an aromatic ring is 1. The summed E-state index contributed by atoms with van der Waals surface area (Å²) < 4.78 is 0. The number of phenols is 1. The lowest BCUT2D eigenvalue weighted by Crippen LogP contribution is -2.28. The number of phenolic OH excluding ortho intramolecular Hbond substituents is 1. The molecule has 6 N–H and O–H groups in total. The van der Waals surface area contributed by atoms with E-state index >= 15 is 0 Å². The topological polar surface area (TPSA) is 108 Å². The Morgan fingerprint density at radius 1 is 1.33 bits per heavy atom. The van der Waals surface area contributed by atoms with Crippen LogP contribution in [0.4, 0.5) is 5.82 Å². The quantitative estimate of drug-likeness (QED) is 0.608. The van der Waals surface area contributed by atoms with Crippen molar-refractivity contribution in [3.05, 3.63) is 59.3 Å². The van der Waals surface area contributed by atoms with Crippen molar-refractivity contribution in [1.82, 2.24) is 9.88 Å². The van der Waals surface area contributed by atoms with Gasteiger partial charge in [-0.05, 0) is 42.5 Å². The molecule has 6 nitrogen and oxygen atoms in total. The number of amides is 1. The standard InChI is InChI=1S/C12H12ClN3O.C8H11NO/c13-9-6-16-12(15)8(9)5-10(14)7-3-1-2-4-11(7)17;1-2-8(10)9-4-6-3-7(6)5-9/h1-6,16-17H,14-15H2;2,6-7H,1,3-5H2/b10-5-;. The van der Waals surface area contributed by atoms with Gasteiger partial charge in [-0.2, -0.15) is 0 Å². The van der Waals surface area contributed by atoms with Crippen LogP contribution in [0.15, 0.2) is 43.1 Å². The number of halogens is 1. The van der Waals surface area contributed by atoms with Crippen LogP contribution in [0, 0.1) is 11.8 Å². The van der Waals surface area contributed by atoms with Crippen LogP contribution in [0.3, 0.4) is 0 Å². The van der Waals surface area contributed by atoms with E-state index in [9.17, 15) is 9.90 Å². The molecule has 142 valence electrons. The molecule has 0 radical (unpaired) electrons. The summed E-state index contributed by atoms with van der Waals surface area (Å²) >= 11 is 5.94. The van der Waals surface area contributed by atoms with E-state index in [1.807, 2.05) is 4.90 Å². The highest BCUT2D eigenvalue weighted by atomic mass is 35.5. The molecule has 1 aromatic carbocycles. The number of aromatic nitrogens is 1. The predicted octanol–water partition coefficient (Wildman–Crippen LogP) is 3.06. The largest absolute Gasteiger partial charge is 0.507 e. The second kappa shape index (κ2) is 7.80. The summed E-state index contributed by atoms with van der Waals surface area (Å²) in [5.74, 6) is 2.33. The van der Waals surface area contributed by atoms with Crippen molar-refractivity contribution in [2.24, 2.45) is 17.6 Å². The number of anilines is 1. The Morgan fingerprint density at radius 2 is 2.00 bits per heavy atom. The number of rotatable bonds is 3. The van der Waals surface area contributed by atoms with E-state index in [1.165, 1.54) is 12.5 Å². The lowest BCUT2D eigenvalue weighted by molar-refractivity contribution is -0.125. The summed E-state index contributed by atoms with van der Waals surface area (Å²) in [6.45, 7) is 5.42. The van der Waals surface area contributed by atoms with Crippen molar-refractivity contribution in [3.8, 4) is 5.75 Å². The number of aromatic amines is 1. The normalized spacial score (nSPS) is 20.5. The van der Waals surface area contributed by atoms with Gasteiger partial charge in [0.05, 0.1) is 5.02 Å². The summed E-state index contributed by atoms with van der Waals surface area (Å²) in [6, 6.07) is 6.80. The lowest BCUT2D eigenvalue weighted by Gasteiger charge is -2.14. The Labute approximate surface area is 163 Å². The second-order valence-corrected chi connectivity index (χ2v) is 7.19. The number of hydrogen-bond donors (Lipinski definition) is 4. The molecule has 1 saturated heterocycles. The molecule has 27 heavy (non-hydrogen) atoms. The highest BCUT2D eigenvalue weighted by Gasteiger charge is 2.45. The van der Waals surface area contributed by atoms with E-state index < -0.39 is 0 Å². The zero-order valence-electron chi connectivity index (χ0n) is 14.9. The average molecular weight is 387 g/mol. The molecule has 2 atom stereocenters. The zero-order valence-corrected chi connectivity index (χ0v) is 15.6. The first-order valence-electron chi connectivity index (χ1n) is 8.70. The monoisotopic (exact) mass is 386 g/mol. The van der Waals surface area contributed by atoms with E-state index in [0.717, 1.165) is 24.9 Å². The van der Waals surface area contributed by atoms with Crippen molar-refractivity contribution in [3.63, 3.8) is 0 Å². The first-order valence-corrected chi connectivity index (χ1v) is 9.07. The van der Waals surface area contributed by atoms with Gasteiger partial charge >= 0.3 is 0 Å². The van der Waals surface area contributed by atoms with Crippen LogP contribution in [0.1, 0.15) is 17.5 Å². The molecular weight excluding hydrogens is 364 g/mol. The van der Waals surface area contributed by atoms with Gasteiger partial charge in [-0.3, -0.25) is 4.79 Å². The van der Waals surface area contributed by atoms with Crippen LogP contribution in [-0.2, 0) is 4.79 Å². The number of nitrogens with two attached hydrogens (primary N) is 2. The molecule has 1 saturated carbocycles. The summed E-state index contributed by atoms with van der Waals surface area (Å²) in [7, 11) is 0. The van der Waals surface area contributed by atoms with Crippen LogP contribution in [0.25, 0.3) is 11.8 Å². The molecule has 0 spiro atoms. The van der Waals surface area contributed by atoms with Crippen LogP contribution < -0.4 is 11.5 Å². The fourth-order valence-corrected chi connectivity index (χ4v) is 3.44. The molecule has 2 aromatic rings. The van der Waals surface area contributed by atoms with Gasteiger partial charge in [0, 0.05) is 36.1 Å². The summed E-state index contributed by atoms with van der Waals surface area (Å²) in [5, 5.41) is 10.1. The lowest BCUT2D eigenvalue weighted by atomic mass is 10.1. The van der Waals surface area contributed by atoms with Gasteiger partial charge < -0.3 is 26.5 Å². The molecule has 2 fully saturated rings. The fraction of sp³-hybridized carbons (Fsp3) is 0.250. The number of benzene rings is 1. The Kier molecular flexibility index (Phi) is 5.46. The van der Waals surface area contributed by atoms with Gasteiger partial charge in [-0.1, -0.05) is 30.3 Å². The van der Waals surface area contributed by atoms with Crippen LogP contribution >= 0.6 is 11.6 Å². The Morgan fingerprint density at radius 3 is 2.56 bits per heavy atom. The van der Waals surface area contributed by atoms with Crippen molar-refractivity contribution in [2.45, 2.75) is 6.42 Å². The van der Waals surface area contributed by atoms with Crippen LogP contribution in [0.2, 0.25) is 5.02 Å². The maximum absolute atomic E-state index is 11.0. The average Bonchev–Trinajstić information content (AvgIpc) is 3.15. The number of hydrogen-bond acceptors (Lipinski definition) is 4. The number of carbonyl (C=O) groups is 1. The van der Waals surface area contributed by atoms with E-state index in [1.54, 1.807) is 36.5 Å². The second-order valence-electron chi connectivity index (χ2n) is 6.78. The van der Waals surface area contributed by atoms with Crippen LogP contribution in [-0.4, -0.2) is 34.0 Å². The van der Waals surface area contributed by atoms with Crippen molar-refractivity contribution < 1.29 is 9.90 Å². The van der Waals surface area contributed by atoms with Crippen molar-refractivity contribution >= 4 is 35.1 Å². The van der Waals surface area contributed by atoms with E-state index in [-0.39, 0.29) is 11.7 Å². The molecule has 7 heteroatoms. The number of nitrogens with zero attached hydrogens (tertiary/aromatic N) is 1. The van der Waals surface area contributed by atoms with E-state index in [2.05, 4.69) is 11.6 Å². The smallest absolute Gasteiger partial charge is 0.245 e. The van der Waals surface area contributed by atoms with Gasteiger partial charge in [-0.25, -0.2) is 0 Å². The number of nitrogens with one attached hydrogen (secondary N) is 1. The maximum Gasteiger partial charge on any atom is 0.245 e. The van der Waals surface area contributed by atoms with Crippen LogP contribution in [0.5, 0.6) is 5.75 Å². The van der Waals surface area contributed by atoms with Crippen molar-refractivity contribution in [2.75, 3.05) is 18.8 Å². The highest BCUT2D eigenvalue weighted by molar-refractivity contribution is 6.32. The number of H-pyrrole nitrogens is 1. The molecule has 2 unspecified atom stereocenters. The Bertz CT molecular complexity index is 860. The van der Waals surface area contributed by atoms with Gasteiger partial charge in [-0.15, -0.1) is 0 Å². The highest BCUT2D eigenvalue weighted by Crippen LogP contribution is 2.44. The number of para-hydroxylation sites is 1. The first-order chi connectivity index (χ1) is 12.9. The third-order valence-electron chi connectivity index (χ3n) is 4.88. The number of aromatic hydroxyl groups is 1. The first kappa shape index (κ1) is 18.9. The number of likely N-dealkylation sites (tertiary alicyclic amines) is 1. The SMILES string of the molecule is C=CC(=O)N1CC2CC2C1.N/C(=C\c1c(Cl)c[nH]c1N)c1ccccc1O. The Balaban J connectivity index is 0.000000177. The number of carbonyl (C=O) groups excluding carboxylic acids is 1. The fourth-order valence-electron chi connectivity index (χ4n) is 3.23. The molecule has 1 amide bonds. The van der Waals surface area contributed by atoms with Gasteiger partial charge in [0.2, 0.25) is 5.91 Å². The summed E-state index contributed by atoms with van der Waals surface area (Å²) in [4.78, 5) is 15.7. The number of fused-ring (bicyclic) bond motifs is 1. The molecule has 1 aliphatic carbocycles. The van der Waals surface area contributed by atoms with Gasteiger partial charge in [0.15, 0.2) is 0 Å². The molecule has 0 bridgehead atoms. The number of piperidine rings is 1. The predicted molar refractivity (Wildman–Crippen MR) is 109 cm³/mol. The molecule has 2 aliphatic rings.